The first-order valence-electron chi connectivity index (χ1n) is 7.87. The smallest absolute Gasteiger partial charge is 1.00 e. The average Bonchev–Trinajstić information content (AvgIpc) is 3.10. The zero-order chi connectivity index (χ0) is 14.8. The molecular formula is C19H23Cl2HfSi. The van der Waals surface area contributed by atoms with Crippen molar-refractivity contribution in [2.24, 2.45) is 0 Å². The third-order valence-electron chi connectivity index (χ3n) is 4.41. The first-order chi connectivity index (χ1) is 10.2. The van der Waals surface area contributed by atoms with Gasteiger partial charge in [-0.25, -0.2) is 0 Å². The molecule has 0 aliphatic heterocycles. The summed E-state index contributed by atoms with van der Waals surface area (Å²) in [6, 6.07) is 11.0. The van der Waals surface area contributed by atoms with E-state index >= 15 is 0 Å². The van der Waals surface area contributed by atoms with Crippen molar-refractivity contribution in [3.8, 4) is 0 Å². The Labute approximate surface area is 161 Å². The maximum Gasteiger partial charge on any atom is -1.00 e. The molecule has 3 rings (SSSR count). The molecule has 4 heteroatoms. The van der Waals surface area contributed by atoms with Gasteiger partial charge in [-0.1, -0.05) is 0 Å². The molecule has 0 nitrogen and oxygen atoms in total. The maximum absolute atomic E-state index is 2.59. The van der Waals surface area contributed by atoms with Crippen molar-refractivity contribution in [3.63, 3.8) is 0 Å². The molecule has 2 aliphatic rings. The van der Waals surface area contributed by atoms with Gasteiger partial charge in [0.2, 0.25) is 0 Å². The average molecular weight is 529 g/mol. The zero-order valence-electron chi connectivity index (χ0n) is 13.9. The van der Waals surface area contributed by atoms with Crippen LogP contribution in [0.2, 0.25) is 13.1 Å². The molecule has 0 bridgehead atoms. The second-order valence-electron chi connectivity index (χ2n) is 6.20. The van der Waals surface area contributed by atoms with Crippen LogP contribution in [-0.2, 0) is 20.6 Å². The first kappa shape index (κ1) is 20.9. The monoisotopic (exact) mass is 529 g/mol. The minimum absolute atomic E-state index is 0. The number of hydrogen-bond donors (Lipinski definition) is 0. The molecule has 0 N–H and O–H groups in total. The Hall–Kier alpha value is -0.153. The summed E-state index contributed by atoms with van der Waals surface area (Å²) in [4.78, 5) is 0. The number of benzene rings is 1. The predicted octanol–water partition coefficient (Wildman–Crippen LogP) is -0.799. The van der Waals surface area contributed by atoms with Gasteiger partial charge < -0.3 is 24.8 Å². The number of halogens is 2. The summed E-state index contributed by atoms with van der Waals surface area (Å²) >= 11 is -1.80. The van der Waals surface area contributed by atoms with Crippen molar-refractivity contribution in [3.05, 3.63) is 72.4 Å². The van der Waals surface area contributed by atoms with Crippen LogP contribution < -0.4 is 24.8 Å². The van der Waals surface area contributed by atoms with E-state index < -0.39 is 26.6 Å². The molecule has 0 unspecified atom stereocenters. The number of hydrogen-bond acceptors (Lipinski definition) is 0. The number of allylic oxidation sites excluding steroid dienone is 8. The van der Waals surface area contributed by atoms with Crippen molar-refractivity contribution in [2.75, 3.05) is 0 Å². The fraction of sp³-hybridized carbons (Fsp3) is 0.263. The van der Waals surface area contributed by atoms with Crippen molar-refractivity contribution >= 4 is 11.6 Å². The molecule has 23 heavy (non-hydrogen) atoms. The zero-order valence-corrected chi connectivity index (χ0v) is 20.2. The molecular weight excluding hydrogens is 506 g/mol. The summed E-state index contributed by atoms with van der Waals surface area (Å²) in [6.07, 6.45) is 12.0. The van der Waals surface area contributed by atoms with Crippen LogP contribution in [0.1, 0.15) is 25.3 Å². The second kappa shape index (κ2) is 9.36. The molecule has 121 valence electrons. The Balaban J connectivity index is 0.00000132. The van der Waals surface area contributed by atoms with E-state index in [1.54, 1.807) is 11.1 Å². The van der Waals surface area contributed by atoms with Gasteiger partial charge in [0.25, 0.3) is 0 Å². The summed E-state index contributed by atoms with van der Waals surface area (Å²) in [7, 11) is 0. The predicted molar refractivity (Wildman–Crippen MR) is 92.5 cm³/mol. The van der Waals surface area contributed by atoms with Crippen molar-refractivity contribution in [2.45, 2.75) is 32.9 Å². The second-order valence-corrected chi connectivity index (χ2v) is 33.0. The van der Waals surface area contributed by atoms with Gasteiger partial charge in [-0.2, -0.15) is 0 Å². The quantitative estimate of drug-likeness (QED) is 0.449. The Kier molecular flexibility index (Phi) is 8.50. The molecule has 1 aromatic carbocycles. The summed E-state index contributed by atoms with van der Waals surface area (Å²) in [5.41, 5.74) is 4.61. The molecule has 0 saturated heterocycles. The molecule has 0 fully saturated rings. The molecule has 0 radical (unpaired) electrons. The minimum atomic E-state index is -1.80. The first-order valence-corrected chi connectivity index (χ1v) is 20.6. The summed E-state index contributed by atoms with van der Waals surface area (Å²) in [5.74, 6) is -0.575. The SMILES string of the molecule is CC1=[C]([Hf+2]([C]2=C(c3ccccc3)C=CC2)[SiH](C)C)CC=C1.[Cl-].[Cl-]. The Bertz CT molecular complexity index is 657. The Morgan fingerprint density at radius 2 is 1.48 bits per heavy atom. The summed E-state index contributed by atoms with van der Waals surface area (Å²) < 4.78 is 3.78. The number of rotatable bonds is 4. The van der Waals surface area contributed by atoms with Gasteiger partial charge >= 0.3 is 137 Å². The topological polar surface area (TPSA) is 0 Å². The Morgan fingerprint density at radius 1 is 0.870 bits per heavy atom. The van der Waals surface area contributed by atoms with Crippen molar-refractivity contribution in [1.82, 2.24) is 0 Å². The van der Waals surface area contributed by atoms with Crippen molar-refractivity contribution < 1.29 is 45.4 Å². The van der Waals surface area contributed by atoms with E-state index in [-0.39, 0.29) is 24.8 Å². The van der Waals surface area contributed by atoms with Gasteiger partial charge in [0.1, 0.15) is 0 Å². The van der Waals surface area contributed by atoms with E-state index in [4.69, 9.17) is 0 Å². The van der Waals surface area contributed by atoms with Crippen LogP contribution in [0.15, 0.2) is 66.9 Å². The van der Waals surface area contributed by atoms with E-state index in [9.17, 15) is 0 Å². The largest absolute Gasteiger partial charge is 1.00 e. The van der Waals surface area contributed by atoms with Gasteiger partial charge in [0.15, 0.2) is 0 Å². The van der Waals surface area contributed by atoms with Gasteiger partial charge in [0, 0.05) is 0 Å². The molecule has 1 aromatic rings. The maximum atomic E-state index is 2.59. The van der Waals surface area contributed by atoms with Crippen LogP contribution in [0, 0.1) is 0 Å². The molecule has 0 saturated carbocycles. The van der Waals surface area contributed by atoms with Gasteiger partial charge in [-0.05, 0) is 0 Å². The fourth-order valence-electron chi connectivity index (χ4n) is 3.46. The van der Waals surface area contributed by atoms with Crippen LogP contribution in [0.4, 0.5) is 0 Å². The van der Waals surface area contributed by atoms with Crippen LogP contribution >= 0.6 is 0 Å². The van der Waals surface area contributed by atoms with Crippen LogP contribution in [0.3, 0.4) is 0 Å². The molecule has 0 spiro atoms. The van der Waals surface area contributed by atoms with E-state index in [1.807, 2.05) is 6.66 Å². The van der Waals surface area contributed by atoms with E-state index in [2.05, 4.69) is 74.7 Å². The normalized spacial score (nSPS) is 16.0. The summed E-state index contributed by atoms with van der Waals surface area (Å²) in [5, 5.41) is 0. The van der Waals surface area contributed by atoms with E-state index in [1.165, 1.54) is 18.4 Å². The molecule has 0 aromatic heterocycles. The molecule has 2 aliphatic carbocycles. The van der Waals surface area contributed by atoms with Gasteiger partial charge in [-0.15, -0.1) is 0 Å². The third-order valence-corrected chi connectivity index (χ3v) is 32.2. The van der Waals surface area contributed by atoms with E-state index in [0.29, 0.717) is 0 Å². The standard InChI is InChI=1S/C11H9.C6H7.C2H7Si.2ClH.Hf/c1-2-6-10(7-3-1)11-8-4-5-9-11;1-6-4-2-3-5-6;1-3-2;;;/h1-4,6-8H,5H2;2,4H,3H2,1H3;3H,1-2H3;2*1H;/q;;;;;+2/p-2. The van der Waals surface area contributed by atoms with Gasteiger partial charge in [0.05, 0.1) is 0 Å². The molecule has 0 atom stereocenters. The Morgan fingerprint density at radius 3 is 2.04 bits per heavy atom. The van der Waals surface area contributed by atoms with Gasteiger partial charge in [-0.3, -0.25) is 0 Å². The molecule has 0 amide bonds. The fourth-order valence-corrected chi connectivity index (χ4v) is 32.4. The summed E-state index contributed by atoms with van der Waals surface area (Å²) in [6.45, 7) is 7.52. The van der Waals surface area contributed by atoms with Crippen LogP contribution in [0.25, 0.3) is 5.57 Å². The van der Waals surface area contributed by atoms with Crippen LogP contribution in [0.5, 0.6) is 0 Å². The van der Waals surface area contributed by atoms with Crippen molar-refractivity contribution in [1.29, 1.82) is 0 Å². The minimum Gasteiger partial charge on any atom is -1.00 e. The van der Waals surface area contributed by atoms with E-state index in [0.717, 1.165) is 0 Å². The third kappa shape index (κ3) is 4.48. The van der Waals surface area contributed by atoms with Crippen LogP contribution in [-0.4, -0.2) is 5.98 Å². The molecule has 0 heterocycles.